The van der Waals surface area contributed by atoms with E-state index in [1.54, 1.807) is 6.20 Å². The number of pyridine rings is 1. The van der Waals surface area contributed by atoms with Crippen LogP contribution in [0.25, 0.3) is 0 Å². The predicted molar refractivity (Wildman–Crippen MR) is 79.7 cm³/mol. The SMILES string of the molecule is Clc1ccc([C@@H]2CN(Cc3ccccc3)CCO2)nc1. The van der Waals surface area contributed by atoms with Gasteiger partial charge in [-0.05, 0) is 17.7 Å². The molecule has 1 atom stereocenters. The second-order valence-corrected chi connectivity index (χ2v) is 5.42. The highest BCUT2D eigenvalue weighted by molar-refractivity contribution is 6.30. The van der Waals surface area contributed by atoms with Crippen molar-refractivity contribution in [2.75, 3.05) is 19.7 Å². The number of nitrogens with zero attached hydrogens (tertiary/aromatic N) is 2. The molecule has 0 radical (unpaired) electrons. The molecule has 1 aromatic carbocycles. The summed E-state index contributed by atoms with van der Waals surface area (Å²) in [5, 5.41) is 0.658. The van der Waals surface area contributed by atoms with Gasteiger partial charge in [-0.15, -0.1) is 0 Å². The van der Waals surface area contributed by atoms with Gasteiger partial charge < -0.3 is 4.74 Å². The Morgan fingerprint density at radius 2 is 2.05 bits per heavy atom. The zero-order valence-electron chi connectivity index (χ0n) is 11.2. The van der Waals surface area contributed by atoms with E-state index in [-0.39, 0.29) is 6.10 Å². The van der Waals surface area contributed by atoms with Gasteiger partial charge in [-0.1, -0.05) is 41.9 Å². The minimum atomic E-state index is 0.0322. The van der Waals surface area contributed by atoms with E-state index in [0.717, 1.165) is 31.9 Å². The molecule has 0 spiro atoms. The van der Waals surface area contributed by atoms with Gasteiger partial charge in [-0.3, -0.25) is 9.88 Å². The smallest absolute Gasteiger partial charge is 0.112 e. The van der Waals surface area contributed by atoms with Gasteiger partial charge in [0.25, 0.3) is 0 Å². The maximum Gasteiger partial charge on any atom is 0.112 e. The van der Waals surface area contributed by atoms with Crippen molar-refractivity contribution in [2.45, 2.75) is 12.6 Å². The second kappa shape index (κ2) is 6.35. The van der Waals surface area contributed by atoms with Crippen LogP contribution >= 0.6 is 11.6 Å². The summed E-state index contributed by atoms with van der Waals surface area (Å²) < 4.78 is 5.82. The minimum absolute atomic E-state index is 0.0322. The van der Waals surface area contributed by atoms with Crippen molar-refractivity contribution in [2.24, 2.45) is 0 Å². The highest BCUT2D eigenvalue weighted by Gasteiger charge is 2.22. The van der Waals surface area contributed by atoms with Gasteiger partial charge in [0.15, 0.2) is 0 Å². The number of hydrogen-bond donors (Lipinski definition) is 0. The maximum absolute atomic E-state index is 5.87. The van der Waals surface area contributed by atoms with Crippen LogP contribution in [-0.4, -0.2) is 29.6 Å². The number of benzene rings is 1. The fraction of sp³-hybridized carbons (Fsp3) is 0.312. The molecule has 0 unspecified atom stereocenters. The van der Waals surface area contributed by atoms with E-state index in [9.17, 15) is 0 Å². The van der Waals surface area contributed by atoms with Crippen LogP contribution in [0, 0.1) is 0 Å². The molecular weight excluding hydrogens is 272 g/mol. The van der Waals surface area contributed by atoms with Crippen molar-refractivity contribution < 1.29 is 4.74 Å². The minimum Gasteiger partial charge on any atom is -0.369 e. The molecule has 4 heteroatoms. The topological polar surface area (TPSA) is 25.4 Å². The molecular formula is C16H17ClN2O. The van der Waals surface area contributed by atoms with Gasteiger partial charge in [-0.2, -0.15) is 0 Å². The summed E-state index contributed by atoms with van der Waals surface area (Å²) in [5.74, 6) is 0. The molecule has 1 aromatic heterocycles. The maximum atomic E-state index is 5.87. The first-order valence-electron chi connectivity index (χ1n) is 6.80. The molecule has 1 aliphatic heterocycles. The third kappa shape index (κ3) is 3.37. The van der Waals surface area contributed by atoms with Gasteiger partial charge in [0.05, 0.1) is 17.3 Å². The molecule has 2 heterocycles. The zero-order chi connectivity index (χ0) is 13.8. The number of aromatic nitrogens is 1. The Morgan fingerprint density at radius 1 is 1.20 bits per heavy atom. The van der Waals surface area contributed by atoms with Crippen LogP contribution in [-0.2, 0) is 11.3 Å². The molecule has 20 heavy (non-hydrogen) atoms. The van der Waals surface area contributed by atoms with Gasteiger partial charge in [0, 0.05) is 25.8 Å². The Morgan fingerprint density at radius 3 is 2.80 bits per heavy atom. The molecule has 2 aromatic rings. The predicted octanol–water partition coefficient (Wildman–Crippen LogP) is 3.31. The monoisotopic (exact) mass is 288 g/mol. The molecule has 1 fully saturated rings. The molecule has 1 aliphatic rings. The summed E-state index contributed by atoms with van der Waals surface area (Å²) in [4.78, 5) is 6.76. The average Bonchev–Trinajstić information content (AvgIpc) is 2.49. The largest absolute Gasteiger partial charge is 0.369 e. The number of halogens is 1. The van der Waals surface area contributed by atoms with Crippen LogP contribution in [0.4, 0.5) is 0 Å². The van der Waals surface area contributed by atoms with E-state index in [4.69, 9.17) is 16.3 Å². The standard InChI is InChI=1S/C16H17ClN2O/c17-14-6-7-15(18-10-14)16-12-19(8-9-20-16)11-13-4-2-1-3-5-13/h1-7,10,16H,8-9,11-12H2/t16-/m0/s1. The molecule has 3 nitrogen and oxygen atoms in total. The Balaban J connectivity index is 1.66. The summed E-state index contributed by atoms with van der Waals surface area (Å²) in [6.07, 6.45) is 1.71. The summed E-state index contributed by atoms with van der Waals surface area (Å²) in [5.41, 5.74) is 2.28. The van der Waals surface area contributed by atoms with Crippen LogP contribution in [0.1, 0.15) is 17.4 Å². The van der Waals surface area contributed by atoms with E-state index in [2.05, 4.69) is 34.1 Å². The van der Waals surface area contributed by atoms with E-state index < -0.39 is 0 Å². The van der Waals surface area contributed by atoms with Gasteiger partial charge in [0.2, 0.25) is 0 Å². The first-order chi connectivity index (χ1) is 9.81. The highest BCUT2D eigenvalue weighted by Crippen LogP contribution is 2.22. The normalized spacial score (nSPS) is 19.9. The molecule has 1 saturated heterocycles. The Labute approximate surface area is 124 Å². The fourth-order valence-corrected chi connectivity index (χ4v) is 2.56. The van der Waals surface area contributed by atoms with Gasteiger partial charge in [-0.25, -0.2) is 0 Å². The number of hydrogen-bond acceptors (Lipinski definition) is 3. The van der Waals surface area contributed by atoms with Crippen LogP contribution < -0.4 is 0 Å². The van der Waals surface area contributed by atoms with Crippen molar-refractivity contribution in [3.8, 4) is 0 Å². The summed E-state index contributed by atoms with van der Waals surface area (Å²) in [6.45, 7) is 3.51. The summed E-state index contributed by atoms with van der Waals surface area (Å²) in [6, 6.07) is 14.3. The first-order valence-corrected chi connectivity index (χ1v) is 7.18. The first kappa shape index (κ1) is 13.6. The molecule has 0 aliphatic carbocycles. The third-order valence-corrected chi connectivity index (χ3v) is 3.70. The zero-order valence-corrected chi connectivity index (χ0v) is 12.0. The lowest BCUT2D eigenvalue weighted by Crippen LogP contribution is -2.38. The molecule has 3 rings (SSSR count). The molecule has 104 valence electrons. The number of ether oxygens (including phenoxy) is 1. The van der Waals surface area contributed by atoms with E-state index in [1.807, 2.05) is 18.2 Å². The quantitative estimate of drug-likeness (QED) is 0.866. The number of rotatable bonds is 3. The van der Waals surface area contributed by atoms with Crippen LogP contribution in [0.5, 0.6) is 0 Å². The van der Waals surface area contributed by atoms with E-state index in [0.29, 0.717) is 5.02 Å². The van der Waals surface area contributed by atoms with Crippen LogP contribution in [0.2, 0.25) is 5.02 Å². The van der Waals surface area contributed by atoms with E-state index in [1.165, 1.54) is 5.56 Å². The highest BCUT2D eigenvalue weighted by atomic mass is 35.5. The average molecular weight is 289 g/mol. The fourth-order valence-electron chi connectivity index (χ4n) is 2.44. The Bertz CT molecular complexity index is 544. The lowest BCUT2D eigenvalue weighted by Gasteiger charge is -2.32. The van der Waals surface area contributed by atoms with Crippen LogP contribution in [0.15, 0.2) is 48.7 Å². The third-order valence-electron chi connectivity index (χ3n) is 3.48. The van der Waals surface area contributed by atoms with E-state index >= 15 is 0 Å². The lowest BCUT2D eigenvalue weighted by molar-refractivity contribution is -0.0349. The van der Waals surface area contributed by atoms with Crippen LogP contribution in [0.3, 0.4) is 0 Å². The summed E-state index contributed by atoms with van der Waals surface area (Å²) >= 11 is 5.87. The van der Waals surface area contributed by atoms with Crippen molar-refractivity contribution in [3.05, 3.63) is 64.9 Å². The Kier molecular flexibility index (Phi) is 4.31. The molecule has 0 amide bonds. The van der Waals surface area contributed by atoms with Crippen molar-refractivity contribution in [1.29, 1.82) is 0 Å². The van der Waals surface area contributed by atoms with Gasteiger partial charge >= 0.3 is 0 Å². The second-order valence-electron chi connectivity index (χ2n) is 4.98. The van der Waals surface area contributed by atoms with Gasteiger partial charge in [0.1, 0.15) is 6.10 Å². The lowest BCUT2D eigenvalue weighted by atomic mass is 10.1. The summed E-state index contributed by atoms with van der Waals surface area (Å²) in [7, 11) is 0. The molecule has 0 saturated carbocycles. The molecule has 0 bridgehead atoms. The van der Waals surface area contributed by atoms with Crippen molar-refractivity contribution in [3.63, 3.8) is 0 Å². The molecule has 0 N–H and O–H groups in total. The van der Waals surface area contributed by atoms with Crippen molar-refractivity contribution >= 4 is 11.6 Å². The van der Waals surface area contributed by atoms with Crippen molar-refractivity contribution in [1.82, 2.24) is 9.88 Å². The Hall–Kier alpha value is -1.42. The number of morpholine rings is 1.